The summed E-state index contributed by atoms with van der Waals surface area (Å²) in [5.74, 6) is -0.276. The van der Waals surface area contributed by atoms with Crippen LogP contribution in [-0.2, 0) is 11.3 Å². The van der Waals surface area contributed by atoms with E-state index in [-0.39, 0.29) is 17.7 Å². The Balaban J connectivity index is 1.56. The maximum Gasteiger partial charge on any atom is 0.254 e. The predicted octanol–water partition coefficient (Wildman–Crippen LogP) is 3.40. The Bertz CT molecular complexity index is 915. The fraction of sp³-hybridized carbons (Fsp3) is 0.190. The molecule has 0 bridgehead atoms. The van der Waals surface area contributed by atoms with Gasteiger partial charge in [0.2, 0.25) is 5.91 Å². The van der Waals surface area contributed by atoms with Gasteiger partial charge in [0.05, 0.1) is 17.4 Å². The molecular weight excluding hydrogens is 340 g/mol. The molecule has 0 saturated carbocycles. The van der Waals surface area contributed by atoms with Gasteiger partial charge in [-0.15, -0.1) is 0 Å². The van der Waals surface area contributed by atoms with E-state index < -0.39 is 0 Å². The fourth-order valence-corrected chi connectivity index (χ4v) is 2.44. The van der Waals surface area contributed by atoms with Gasteiger partial charge in [0.1, 0.15) is 0 Å². The van der Waals surface area contributed by atoms with E-state index in [0.717, 1.165) is 16.9 Å². The van der Waals surface area contributed by atoms with E-state index >= 15 is 0 Å². The monoisotopic (exact) mass is 362 g/mol. The van der Waals surface area contributed by atoms with Crippen LogP contribution < -0.4 is 10.6 Å². The molecule has 0 aliphatic carbocycles. The molecule has 0 unspecified atom stereocenters. The van der Waals surface area contributed by atoms with Crippen molar-refractivity contribution >= 4 is 17.5 Å². The summed E-state index contributed by atoms with van der Waals surface area (Å²) in [7, 11) is 0. The van der Waals surface area contributed by atoms with E-state index in [4.69, 9.17) is 0 Å². The van der Waals surface area contributed by atoms with Gasteiger partial charge in [-0.2, -0.15) is 5.10 Å². The first-order valence-corrected chi connectivity index (χ1v) is 8.81. The van der Waals surface area contributed by atoms with Crippen LogP contribution in [-0.4, -0.2) is 21.6 Å². The summed E-state index contributed by atoms with van der Waals surface area (Å²) in [6.45, 7) is 4.09. The van der Waals surface area contributed by atoms with E-state index in [0.29, 0.717) is 12.1 Å². The number of anilines is 1. The molecule has 2 N–H and O–H groups in total. The van der Waals surface area contributed by atoms with Gasteiger partial charge in [-0.05, 0) is 29.8 Å². The number of nitrogens with one attached hydrogen (secondary N) is 2. The normalized spacial score (nSPS) is 10.6. The number of rotatable bonds is 6. The first-order valence-electron chi connectivity index (χ1n) is 8.81. The van der Waals surface area contributed by atoms with Gasteiger partial charge in [0.15, 0.2) is 0 Å². The lowest BCUT2D eigenvalue weighted by Crippen LogP contribution is -2.22. The van der Waals surface area contributed by atoms with E-state index in [2.05, 4.69) is 15.7 Å². The molecule has 3 aromatic rings. The highest BCUT2D eigenvalue weighted by molar-refractivity contribution is 5.94. The largest absolute Gasteiger partial charge is 0.348 e. The van der Waals surface area contributed by atoms with Gasteiger partial charge in [-0.25, -0.2) is 4.68 Å². The molecule has 1 heterocycles. The molecule has 2 aromatic carbocycles. The Morgan fingerprint density at radius 1 is 1.04 bits per heavy atom. The number of nitrogens with zero attached hydrogens (tertiary/aromatic N) is 2. The van der Waals surface area contributed by atoms with Crippen molar-refractivity contribution in [2.24, 2.45) is 5.92 Å². The third-order valence-electron chi connectivity index (χ3n) is 4.06. The standard InChI is InChI=1S/C21H22N4O2/c1-15(2)20(26)24-18-10-8-16(9-11-18)12-22-21(27)17-13-23-25(14-17)19-6-4-3-5-7-19/h3-11,13-15H,12H2,1-2H3,(H,22,27)(H,24,26). The molecule has 6 nitrogen and oxygen atoms in total. The van der Waals surface area contributed by atoms with E-state index in [9.17, 15) is 9.59 Å². The van der Waals surface area contributed by atoms with Crippen LogP contribution in [0.25, 0.3) is 5.69 Å². The molecule has 0 atom stereocenters. The minimum Gasteiger partial charge on any atom is -0.348 e. The second kappa shape index (κ2) is 8.31. The summed E-state index contributed by atoms with van der Waals surface area (Å²) in [5, 5.41) is 9.95. The third-order valence-corrected chi connectivity index (χ3v) is 4.06. The van der Waals surface area contributed by atoms with Gasteiger partial charge < -0.3 is 10.6 Å². The first kappa shape index (κ1) is 18.4. The summed E-state index contributed by atoms with van der Waals surface area (Å²) < 4.78 is 1.67. The van der Waals surface area contributed by atoms with Gasteiger partial charge in [-0.3, -0.25) is 9.59 Å². The number of aromatic nitrogens is 2. The average Bonchev–Trinajstić information content (AvgIpc) is 3.18. The lowest BCUT2D eigenvalue weighted by atomic mass is 10.1. The molecule has 0 spiro atoms. The molecule has 2 amide bonds. The summed E-state index contributed by atoms with van der Waals surface area (Å²) in [4.78, 5) is 24.0. The van der Waals surface area contributed by atoms with Crippen LogP contribution in [0.2, 0.25) is 0 Å². The quantitative estimate of drug-likeness (QED) is 0.706. The van der Waals surface area contributed by atoms with Crippen LogP contribution in [0.4, 0.5) is 5.69 Å². The highest BCUT2D eigenvalue weighted by Gasteiger charge is 2.10. The fourth-order valence-electron chi connectivity index (χ4n) is 2.44. The maximum atomic E-state index is 12.3. The molecule has 0 fully saturated rings. The smallest absolute Gasteiger partial charge is 0.254 e. The van der Waals surface area contributed by atoms with Gasteiger partial charge in [0.25, 0.3) is 5.91 Å². The number of amides is 2. The molecule has 0 saturated heterocycles. The Morgan fingerprint density at radius 3 is 2.41 bits per heavy atom. The predicted molar refractivity (Wildman–Crippen MR) is 105 cm³/mol. The van der Waals surface area contributed by atoms with Crippen molar-refractivity contribution in [3.05, 3.63) is 78.1 Å². The minimum atomic E-state index is -0.186. The number of para-hydroxylation sites is 1. The van der Waals surface area contributed by atoms with Crippen molar-refractivity contribution < 1.29 is 9.59 Å². The second-order valence-corrected chi connectivity index (χ2v) is 6.53. The highest BCUT2D eigenvalue weighted by atomic mass is 16.2. The summed E-state index contributed by atoms with van der Waals surface area (Å²) in [6, 6.07) is 17.0. The van der Waals surface area contributed by atoms with Crippen LogP contribution in [0.3, 0.4) is 0 Å². The zero-order chi connectivity index (χ0) is 19.2. The van der Waals surface area contributed by atoms with Gasteiger partial charge in [0, 0.05) is 24.3 Å². The van der Waals surface area contributed by atoms with Crippen molar-refractivity contribution in [2.45, 2.75) is 20.4 Å². The molecule has 27 heavy (non-hydrogen) atoms. The number of carbonyl (C=O) groups is 2. The van der Waals surface area contributed by atoms with Crippen molar-refractivity contribution in [1.29, 1.82) is 0 Å². The van der Waals surface area contributed by atoms with Crippen molar-refractivity contribution in [2.75, 3.05) is 5.32 Å². The zero-order valence-corrected chi connectivity index (χ0v) is 15.3. The molecule has 0 radical (unpaired) electrons. The van der Waals surface area contributed by atoms with Crippen LogP contribution in [0.15, 0.2) is 67.0 Å². The SMILES string of the molecule is CC(C)C(=O)Nc1ccc(CNC(=O)c2cnn(-c3ccccc3)c2)cc1. The van der Waals surface area contributed by atoms with E-state index in [1.165, 1.54) is 0 Å². The summed E-state index contributed by atoms with van der Waals surface area (Å²) in [5.41, 5.74) is 3.09. The van der Waals surface area contributed by atoms with Crippen molar-refractivity contribution in [3.63, 3.8) is 0 Å². The van der Waals surface area contributed by atoms with Crippen LogP contribution in [0, 0.1) is 5.92 Å². The number of carbonyl (C=O) groups excluding carboxylic acids is 2. The Kier molecular flexibility index (Phi) is 5.66. The minimum absolute atomic E-state index is 0.0218. The average molecular weight is 362 g/mol. The van der Waals surface area contributed by atoms with Gasteiger partial charge >= 0.3 is 0 Å². The topological polar surface area (TPSA) is 76.0 Å². The molecule has 6 heteroatoms. The molecular formula is C21H22N4O2. The number of benzene rings is 2. The second-order valence-electron chi connectivity index (χ2n) is 6.53. The lowest BCUT2D eigenvalue weighted by Gasteiger charge is -2.09. The maximum absolute atomic E-state index is 12.3. The van der Waals surface area contributed by atoms with Crippen LogP contribution in [0.1, 0.15) is 29.8 Å². The lowest BCUT2D eigenvalue weighted by molar-refractivity contribution is -0.118. The summed E-state index contributed by atoms with van der Waals surface area (Å²) >= 11 is 0. The summed E-state index contributed by atoms with van der Waals surface area (Å²) in [6.07, 6.45) is 3.25. The van der Waals surface area contributed by atoms with Gasteiger partial charge in [-0.1, -0.05) is 44.2 Å². The Labute approximate surface area is 158 Å². The van der Waals surface area contributed by atoms with Crippen molar-refractivity contribution in [1.82, 2.24) is 15.1 Å². The number of hydrogen-bond acceptors (Lipinski definition) is 3. The molecule has 3 rings (SSSR count). The van der Waals surface area contributed by atoms with E-state index in [1.54, 1.807) is 17.1 Å². The van der Waals surface area contributed by atoms with E-state index in [1.807, 2.05) is 68.4 Å². The molecule has 138 valence electrons. The van der Waals surface area contributed by atoms with Crippen LogP contribution >= 0.6 is 0 Å². The Morgan fingerprint density at radius 2 is 1.74 bits per heavy atom. The Hall–Kier alpha value is -3.41. The van der Waals surface area contributed by atoms with Crippen molar-refractivity contribution in [3.8, 4) is 5.69 Å². The molecule has 0 aliphatic heterocycles. The molecule has 0 aliphatic rings. The first-order chi connectivity index (χ1) is 13.0. The van der Waals surface area contributed by atoms with Crippen LogP contribution in [0.5, 0.6) is 0 Å². The highest BCUT2D eigenvalue weighted by Crippen LogP contribution is 2.12. The number of hydrogen-bond donors (Lipinski definition) is 2. The third kappa shape index (κ3) is 4.82. The molecule has 1 aromatic heterocycles. The zero-order valence-electron chi connectivity index (χ0n) is 15.3.